The molecule has 1 amide bonds. The predicted octanol–water partition coefficient (Wildman–Crippen LogP) is 1.27. The van der Waals surface area contributed by atoms with E-state index in [0.29, 0.717) is 0 Å². The number of hydrogen-bond acceptors (Lipinski definition) is 5. The fourth-order valence-electron chi connectivity index (χ4n) is 1.49. The number of rotatable bonds is 6. The quantitative estimate of drug-likeness (QED) is 0.794. The van der Waals surface area contributed by atoms with Gasteiger partial charge >= 0.3 is 18.0 Å². The third-order valence-electron chi connectivity index (χ3n) is 2.69. The lowest BCUT2D eigenvalue weighted by Crippen LogP contribution is -2.45. The van der Waals surface area contributed by atoms with E-state index in [4.69, 9.17) is 9.84 Å². The number of benzene rings is 1. The molecule has 0 aliphatic heterocycles. The number of carbonyl (C=O) groups excluding carboxylic acids is 2. The van der Waals surface area contributed by atoms with Crippen LogP contribution in [0.4, 0.5) is 4.79 Å². The second kappa shape index (κ2) is 7.88. The first-order chi connectivity index (χ1) is 9.91. The van der Waals surface area contributed by atoms with Crippen LogP contribution in [0.2, 0.25) is 0 Å². The molecule has 1 aromatic rings. The number of nitrogens with zero attached hydrogens (tertiary/aromatic N) is 1. The summed E-state index contributed by atoms with van der Waals surface area (Å²) in [4.78, 5) is 34.5. The van der Waals surface area contributed by atoms with Crippen LogP contribution in [0, 0.1) is 0 Å². The molecule has 7 nitrogen and oxygen atoms in total. The molecule has 0 fully saturated rings. The van der Waals surface area contributed by atoms with Crippen LogP contribution in [0.15, 0.2) is 30.3 Å². The number of ether oxygens (including phenoxy) is 2. The molecule has 114 valence electrons. The Kier molecular flexibility index (Phi) is 6.19. The van der Waals surface area contributed by atoms with Crippen molar-refractivity contribution in [2.75, 3.05) is 13.7 Å². The fourth-order valence-corrected chi connectivity index (χ4v) is 1.49. The lowest BCUT2D eigenvalue weighted by molar-refractivity contribution is -0.150. The highest BCUT2D eigenvalue weighted by molar-refractivity contribution is 5.80. The molecule has 0 heterocycles. The molecule has 0 spiro atoms. The Labute approximate surface area is 122 Å². The van der Waals surface area contributed by atoms with Crippen LogP contribution in [0.1, 0.15) is 12.5 Å². The summed E-state index contributed by atoms with van der Waals surface area (Å²) in [6.07, 6.45) is -0.807. The van der Waals surface area contributed by atoms with Gasteiger partial charge in [-0.3, -0.25) is 9.69 Å². The van der Waals surface area contributed by atoms with Gasteiger partial charge in [0.15, 0.2) is 6.04 Å². The Morgan fingerprint density at radius 1 is 1.19 bits per heavy atom. The van der Waals surface area contributed by atoms with Gasteiger partial charge in [0.2, 0.25) is 0 Å². The molecule has 1 unspecified atom stereocenters. The lowest BCUT2D eigenvalue weighted by atomic mass is 10.2. The highest BCUT2D eigenvalue weighted by Crippen LogP contribution is 2.06. The van der Waals surface area contributed by atoms with Gasteiger partial charge in [0.05, 0.1) is 0 Å². The van der Waals surface area contributed by atoms with E-state index in [9.17, 15) is 14.4 Å². The molecule has 0 saturated heterocycles. The van der Waals surface area contributed by atoms with Gasteiger partial charge in [0, 0.05) is 14.0 Å². The number of likely N-dealkylation sites (N-methyl/N-ethyl adjacent to an activating group) is 1. The summed E-state index contributed by atoms with van der Waals surface area (Å²) in [6.45, 7) is 0.762. The minimum Gasteiger partial charge on any atom is -0.480 e. The molecular weight excluding hydrogens is 278 g/mol. The number of carbonyl (C=O) groups is 3. The van der Waals surface area contributed by atoms with Crippen molar-refractivity contribution in [2.24, 2.45) is 0 Å². The van der Waals surface area contributed by atoms with Gasteiger partial charge in [-0.1, -0.05) is 30.3 Å². The monoisotopic (exact) mass is 295 g/mol. The van der Waals surface area contributed by atoms with E-state index in [1.807, 2.05) is 6.07 Å². The average Bonchev–Trinajstić information content (AvgIpc) is 2.45. The van der Waals surface area contributed by atoms with Crippen molar-refractivity contribution < 1.29 is 29.0 Å². The first-order valence-corrected chi connectivity index (χ1v) is 6.21. The van der Waals surface area contributed by atoms with E-state index in [1.54, 1.807) is 24.3 Å². The maximum atomic E-state index is 11.8. The molecule has 0 saturated carbocycles. The van der Waals surface area contributed by atoms with Crippen molar-refractivity contribution in [2.45, 2.75) is 19.6 Å². The SMILES string of the molecule is CC(=O)OCC(C(=O)O)N(C)C(=O)OCc1ccccc1. The van der Waals surface area contributed by atoms with Gasteiger partial charge in [0.1, 0.15) is 13.2 Å². The van der Waals surface area contributed by atoms with Crippen molar-refractivity contribution in [1.29, 1.82) is 0 Å². The molecule has 21 heavy (non-hydrogen) atoms. The van der Waals surface area contributed by atoms with Gasteiger partial charge in [0.25, 0.3) is 0 Å². The third-order valence-corrected chi connectivity index (χ3v) is 2.69. The van der Waals surface area contributed by atoms with Crippen LogP contribution >= 0.6 is 0 Å². The maximum Gasteiger partial charge on any atom is 0.410 e. The van der Waals surface area contributed by atoms with E-state index in [-0.39, 0.29) is 6.61 Å². The standard InChI is InChI=1S/C14H17NO6/c1-10(16)20-9-12(13(17)18)15(2)14(19)21-8-11-6-4-3-5-7-11/h3-7,12H,8-9H2,1-2H3,(H,17,18). The Balaban J connectivity index is 2.57. The van der Waals surface area contributed by atoms with Crippen molar-refractivity contribution in [3.05, 3.63) is 35.9 Å². The summed E-state index contributed by atoms with van der Waals surface area (Å²) < 4.78 is 9.64. The molecule has 1 rings (SSSR count). The van der Waals surface area contributed by atoms with Crippen molar-refractivity contribution >= 4 is 18.0 Å². The normalized spacial score (nSPS) is 11.3. The minimum atomic E-state index is -1.29. The summed E-state index contributed by atoms with van der Waals surface area (Å²) in [6, 6.07) is 7.69. The number of hydrogen-bond donors (Lipinski definition) is 1. The lowest BCUT2D eigenvalue weighted by Gasteiger charge is -2.23. The largest absolute Gasteiger partial charge is 0.480 e. The zero-order chi connectivity index (χ0) is 15.8. The number of amides is 1. The third kappa shape index (κ3) is 5.52. The summed E-state index contributed by atoms with van der Waals surface area (Å²) in [5.41, 5.74) is 0.783. The van der Waals surface area contributed by atoms with Gasteiger partial charge in [-0.2, -0.15) is 0 Å². The molecule has 0 aromatic heterocycles. The van der Waals surface area contributed by atoms with Crippen molar-refractivity contribution in [1.82, 2.24) is 4.90 Å². The number of aliphatic carboxylic acids is 1. The molecule has 0 radical (unpaired) electrons. The van der Waals surface area contributed by atoms with E-state index in [2.05, 4.69) is 4.74 Å². The molecular formula is C14H17NO6. The van der Waals surface area contributed by atoms with Gasteiger partial charge in [-0.15, -0.1) is 0 Å². The van der Waals surface area contributed by atoms with E-state index < -0.39 is 30.7 Å². The topological polar surface area (TPSA) is 93.1 Å². The molecule has 0 aliphatic carbocycles. The van der Waals surface area contributed by atoms with Crippen LogP contribution in [0.25, 0.3) is 0 Å². The highest BCUT2D eigenvalue weighted by atomic mass is 16.6. The summed E-state index contributed by atoms with van der Waals surface area (Å²) in [7, 11) is 1.27. The van der Waals surface area contributed by atoms with Crippen LogP contribution < -0.4 is 0 Å². The molecule has 0 bridgehead atoms. The first-order valence-electron chi connectivity index (χ1n) is 6.21. The first kappa shape index (κ1) is 16.5. The predicted molar refractivity (Wildman–Crippen MR) is 72.4 cm³/mol. The summed E-state index contributed by atoms with van der Waals surface area (Å²) in [5.74, 6) is -1.90. The Morgan fingerprint density at radius 3 is 2.33 bits per heavy atom. The van der Waals surface area contributed by atoms with Crippen molar-refractivity contribution in [3.63, 3.8) is 0 Å². The smallest absolute Gasteiger partial charge is 0.410 e. The van der Waals surface area contributed by atoms with Crippen LogP contribution in [0.3, 0.4) is 0 Å². The van der Waals surface area contributed by atoms with E-state index in [1.165, 1.54) is 7.05 Å². The molecule has 1 aromatic carbocycles. The zero-order valence-electron chi connectivity index (χ0n) is 11.8. The highest BCUT2D eigenvalue weighted by Gasteiger charge is 2.28. The minimum absolute atomic E-state index is 0.0317. The molecule has 1 atom stereocenters. The van der Waals surface area contributed by atoms with Gasteiger partial charge in [-0.25, -0.2) is 9.59 Å². The molecule has 7 heteroatoms. The van der Waals surface area contributed by atoms with E-state index in [0.717, 1.165) is 17.4 Å². The van der Waals surface area contributed by atoms with Crippen molar-refractivity contribution in [3.8, 4) is 0 Å². The van der Waals surface area contributed by atoms with Crippen LogP contribution in [-0.4, -0.2) is 47.7 Å². The van der Waals surface area contributed by atoms with Gasteiger partial charge in [-0.05, 0) is 5.56 Å². The number of carboxylic acids is 1. The Hall–Kier alpha value is -2.57. The number of carboxylic acid groups (broad SMARTS) is 1. The summed E-state index contributed by atoms with van der Waals surface area (Å²) >= 11 is 0. The van der Waals surface area contributed by atoms with Crippen LogP contribution in [-0.2, 0) is 25.7 Å². The van der Waals surface area contributed by atoms with Gasteiger partial charge < -0.3 is 14.6 Å². The second-order valence-corrected chi connectivity index (χ2v) is 4.31. The Bertz CT molecular complexity index is 501. The van der Waals surface area contributed by atoms with Crippen LogP contribution in [0.5, 0.6) is 0 Å². The maximum absolute atomic E-state index is 11.8. The zero-order valence-corrected chi connectivity index (χ0v) is 11.8. The molecule has 0 aliphatic rings. The van der Waals surface area contributed by atoms with E-state index >= 15 is 0 Å². The average molecular weight is 295 g/mol. The Morgan fingerprint density at radius 2 is 1.81 bits per heavy atom. The summed E-state index contributed by atoms with van der Waals surface area (Å²) in [5, 5.41) is 9.05. The fraction of sp³-hybridized carbons (Fsp3) is 0.357. The number of esters is 1. The second-order valence-electron chi connectivity index (χ2n) is 4.31. The molecule has 1 N–H and O–H groups in total.